The van der Waals surface area contributed by atoms with Gasteiger partial charge < -0.3 is 4.90 Å². The zero-order chi connectivity index (χ0) is 34.4. The molecule has 0 aliphatic heterocycles. The first-order chi connectivity index (χ1) is 25.8. The molecule has 52 heavy (non-hydrogen) atoms. The summed E-state index contributed by atoms with van der Waals surface area (Å²) in [5.41, 5.74) is 11.2. The van der Waals surface area contributed by atoms with Crippen LogP contribution >= 0.6 is 11.3 Å². The van der Waals surface area contributed by atoms with E-state index < -0.39 is 0 Å². The maximum absolute atomic E-state index is 5.30. The number of para-hydroxylation sites is 1. The van der Waals surface area contributed by atoms with Crippen molar-refractivity contribution in [3.05, 3.63) is 194 Å². The maximum Gasteiger partial charge on any atom is 0.0788 e. The summed E-state index contributed by atoms with van der Waals surface area (Å²) in [5, 5.41) is 6.26. The first-order valence-corrected chi connectivity index (χ1v) is 18.4. The van der Waals surface area contributed by atoms with Crippen molar-refractivity contribution in [1.29, 1.82) is 0 Å². The van der Waals surface area contributed by atoms with Crippen LogP contribution < -0.4 is 4.90 Å². The molecule has 8 aromatic carbocycles. The average molecular weight is 681 g/mol. The molecule has 0 N–H and O–H groups in total. The molecule has 3 heteroatoms. The highest BCUT2D eigenvalue weighted by atomic mass is 32.1. The second kappa shape index (κ2) is 12.6. The highest BCUT2D eigenvalue weighted by Crippen LogP contribution is 2.44. The molecule has 244 valence electrons. The van der Waals surface area contributed by atoms with Crippen molar-refractivity contribution >= 4 is 70.2 Å². The Bertz CT molecular complexity index is 2780. The van der Waals surface area contributed by atoms with Crippen LogP contribution in [0.15, 0.2) is 194 Å². The summed E-state index contributed by atoms with van der Waals surface area (Å²) in [7, 11) is 0. The van der Waals surface area contributed by atoms with Gasteiger partial charge in [0.1, 0.15) is 0 Å². The minimum atomic E-state index is 1.00. The van der Waals surface area contributed by atoms with E-state index in [1.165, 1.54) is 58.6 Å². The maximum atomic E-state index is 5.30. The summed E-state index contributed by atoms with van der Waals surface area (Å²) < 4.78 is 2.61. The number of anilines is 3. The van der Waals surface area contributed by atoms with Gasteiger partial charge in [-0.2, -0.15) is 0 Å². The summed E-state index contributed by atoms with van der Waals surface area (Å²) in [5.74, 6) is 0. The van der Waals surface area contributed by atoms with E-state index in [1.807, 2.05) is 11.3 Å². The van der Waals surface area contributed by atoms with Crippen molar-refractivity contribution in [3.63, 3.8) is 0 Å². The van der Waals surface area contributed by atoms with E-state index >= 15 is 0 Å². The molecule has 0 unspecified atom stereocenters. The van der Waals surface area contributed by atoms with Crippen molar-refractivity contribution in [1.82, 2.24) is 4.98 Å². The van der Waals surface area contributed by atoms with E-state index in [9.17, 15) is 0 Å². The van der Waals surface area contributed by atoms with Crippen LogP contribution in [0.1, 0.15) is 0 Å². The zero-order valence-electron chi connectivity index (χ0n) is 28.3. The van der Waals surface area contributed by atoms with Crippen LogP contribution in [0.2, 0.25) is 0 Å². The third kappa shape index (κ3) is 5.22. The number of pyridine rings is 1. The Morgan fingerprint density at radius 1 is 0.327 bits per heavy atom. The molecule has 0 aliphatic rings. The van der Waals surface area contributed by atoms with Gasteiger partial charge >= 0.3 is 0 Å². The molecule has 2 nitrogen and oxygen atoms in total. The van der Waals surface area contributed by atoms with Crippen LogP contribution in [-0.2, 0) is 0 Å². The van der Waals surface area contributed by atoms with E-state index in [0.717, 1.165) is 33.8 Å². The third-order valence-electron chi connectivity index (χ3n) is 10.1. The van der Waals surface area contributed by atoms with Crippen LogP contribution in [0, 0.1) is 0 Å². The molecule has 0 saturated carbocycles. The number of thiophene rings is 1. The molecule has 0 amide bonds. The predicted molar refractivity (Wildman–Crippen MR) is 223 cm³/mol. The van der Waals surface area contributed by atoms with Crippen LogP contribution in [0.5, 0.6) is 0 Å². The second-order valence-electron chi connectivity index (χ2n) is 13.1. The molecule has 0 bridgehead atoms. The number of aromatic nitrogens is 1. The summed E-state index contributed by atoms with van der Waals surface area (Å²) >= 11 is 1.86. The minimum absolute atomic E-state index is 1.00. The predicted octanol–water partition coefficient (Wildman–Crippen LogP) is 14.2. The van der Waals surface area contributed by atoms with Gasteiger partial charge in [0.2, 0.25) is 0 Å². The molecule has 0 fully saturated rings. The molecule has 0 spiro atoms. The Morgan fingerprint density at radius 3 is 1.40 bits per heavy atom. The summed E-state index contributed by atoms with van der Waals surface area (Å²) in [6.07, 6.45) is 0. The van der Waals surface area contributed by atoms with E-state index in [0.29, 0.717) is 0 Å². The van der Waals surface area contributed by atoms with Crippen LogP contribution in [-0.4, -0.2) is 4.98 Å². The van der Waals surface area contributed by atoms with E-state index in [4.69, 9.17) is 4.98 Å². The minimum Gasteiger partial charge on any atom is -0.311 e. The molecule has 2 aromatic heterocycles. The average Bonchev–Trinajstić information content (AvgIpc) is 3.61. The molecular formula is C49H32N2S. The number of fused-ring (bicyclic) bond motifs is 7. The van der Waals surface area contributed by atoms with Gasteiger partial charge in [-0.15, -0.1) is 11.3 Å². The van der Waals surface area contributed by atoms with Gasteiger partial charge in [-0.3, -0.25) is 0 Å². The van der Waals surface area contributed by atoms with Crippen molar-refractivity contribution < 1.29 is 0 Å². The zero-order valence-corrected chi connectivity index (χ0v) is 29.1. The highest BCUT2D eigenvalue weighted by molar-refractivity contribution is 7.26. The lowest BCUT2D eigenvalue weighted by atomic mass is 9.96. The molecule has 10 rings (SSSR count). The first kappa shape index (κ1) is 30.3. The van der Waals surface area contributed by atoms with Crippen molar-refractivity contribution in [2.24, 2.45) is 0 Å². The number of hydrogen-bond donors (Lipinski definition) is 0. The molecule has 0 radical (unpaired) electrons. The smallest absolute Gasteiger partial charge is 0.0788 e. The number of rotatable bonds is 6. The largest absolute Gasteiger partial charge is 0.311 e. The van der Waals surface area contributed by atoms with Crippen LogP contribution in [0.3, 0.4) is 0 Å². The van der Waals surface area contributed by atoms with Crippen molar-refractivity contribution in [3.8, 4) is 33.5 Å². The van der Waals surface area contributed by atoms with Crippen molar-refractivity contribution in [2.45, 2.75) is 0 Å². The lowest BCUT2D eigenvalue weighted by Gasteiger charge is -2.26. The lowest BCUT2D eigenvalue weighted by molar-refractivity contribution is 1.28. The van der Waals surface area contributed by atoms with Gasteiger partial charge in [-0.25, -0.2) is 4.98 Å². The monoisotopic (exact) mass is 680 g/mol. The van der Waals surface area contributed by atoms with Gasteiger partial charge in [-0.1, -0.05) is 140 Å². The standard InChI is InChI=1S/C49H32N2S/c1-3-11-33(12-4-1)35-19-25-38(26-20-35)51(39-27-21-36(22-28-39)34-13-5-2-6-14-34)40-29-23-37(24-30-40)49-43-31-32-46-48(42-16-8-10-18-45(42)52-46)47(43)41-15-7-9-17-44(41)50-49/h1-32H. The molecular weight excluding hydrogens is 649 g/mol. The Hall–Kier alpha value is -6.55. The fourth-order valence-corrected chi connectivity index (χ4v) is 8.67. The molecule has 10 aromatic rings. The number of hydrogen-bond acceptors (Lipinski definition) is 3. The quantitative estimate of drug-likeness (QED) is 0.163. The van der Waals surface area contributed by atoms with E-state index in [1.54, 1.807) is 0 Å². The Balaban J connectivity index is 1.10. The normalized spacial score (nSPS) is 11.5. The topological polar surface area (TPSA) is 16.1 Å². The SMILES string of the molecule is c1ccc(-c2ccc(N(c3ccc(-c4ccccc4)cc3)c3ccc(-c4nc5ccccc5c5c4ccc4sc6ccccc6c45)cc3)cc2)cc1. The Morgan fingerprint density at radius 2 is 0.808 bits per heavy atom. The summed E-state index contributed by atoms with van der Waals surface area (Å²) in [6.45, 7) is 0. The van der Waals surface area contributed by atoms with Gasteiger partial charge in [0.05, 0.1) is 11.2 Å². The highest BCUT2D eigenvalue weighted by Gasteiger charge is 2.18. The number of nitrogens with zero attached hydrogens (tertiary/aromatic N) is 2. The second-order valence-corrected chi connectivity index (χ2v) is 14.2. The van der Waals surface area contributed by atoms with Crippen molar-refractivity contribution in [2.75, 3.05) is 4.90 Å². The van der Waals surface area contributed by atoms with Gasteiger partial charge in [-0.05, 0) is 76.9 Å². The summed E-state index contributed by atoms with van der Waals surface area (Å²) in [4.78, 5) is 7.64. The van der Waals surface area contributed by atoms with E-state index in [-0.39, 0.29) is 0 Å². The fourth-order valence-electron chi connectivity index (χ4n) is 7.56. The molecule has 0 atom stereocenters. The third-order valence-corrected chi connectivity index (χ3v) is 11.2. The first-order valence-electron chi connectivity index (χ1n) is 17.6. The van der Waals surface area contributed by atoms with E-state index in [2.05, 4.69) is 199 Å². The van der Waals surface area contributed by atoms with Gasteiger partial charge in [0.15, 0.2) is 0 Å². The van der Waals surface area contributed by atoms with Crippen LogP contribution in [0.4, 0.5) is 17.1 Å². The Kier molecular flexibility index (Phi) is 7.37. The van der Waals surface area contributed by atoms with Gasteiger partial charge in [0.25, 0.3) is 0 Å². The Labute approximate surface area is 306 Å². The number of benzene rings is 8. The molecule has 0 aliphatic carbocycles. The lowest BCUT2D eigenvalue weighted by Crippen LogP contribution is -2.09. The van der Waals surface area contributed by atoms with Crippen LogP contribution in [0.25, 0.3) is 75.4 Å². The molecule has 2 heterocycles. The summed E-state index contributed by atoms with van der Waals surface area (Å²) in [6, 6.07) is 69.6. The fraction of sp³-hybridized carbons (Fsp3) is 0. The van der Waals surface area contributed by atoms with Gasteiger partial charge in [0, 0.05) is 59.0 Å². The molecule has 0 saturated heterocycles.